The Hall–Kier alpha value is -1.43. The number of nitrogens with one attached hydrogen (secondary N) is 1. The fourth-order valence-corrected chi connectivity index (χ4v) is 5.11. The molecule has 4 unspecified atom stereocenters. The highest BCUT2D eigenvalue weighted by atomic mass is 32.2. The highest BCUT2D eigenvalue weighted by molar-refractivity contribution is 8.00. The van der Waals surface area contributed by atoms with E-state index in [1.54, 1.807) is 6.92 Å². The average Bonchev–Trinajstić information content (AvgIpc) is 2.92. The van der Waals surface area contributed by atoms with Gasteiger partial charge in [-0.3, -0.25) is 13.9 Å². The summed E-state index contributed by atoms with van der Waals surface area (Å²) in [5.41, 5.74) is 4.87. The number of carbonyl (C=O) groups excluding carboxylic acids is 1. The van der Waals surface area contributed by atoms with Gasteiger partial charge in [-0.15, -0.1) is 11.8 Å². The van der Waals surface area contributed by atoms with E-state index in [0.29, 0.717) is 0 Å². The van der Waals surface area contributed by atoms with Crippen LogP contribution in [-0.2, 0) is 18.6 Å². The Morgan fingerprint density at radius 3 is 2.96 bits per heavy atom. The molecule has 1 aliphatic rings. The summed E-state index contributed by atoms with van der Waals surface area (Å²) in [6, 6.07) is 0.869. The van der Waals surface area contributed by atoms with Crippen LogP contribution < -0.4 is 16.5 Å². The van der Waals surface area contributed by atoms with Gasteiger partial charge in [0.05, 0.1) is 12.7 Å². The molecule has 0 spiro atoms. The van der Waals surface area contributed by atoms with Crippen molar-refractivity contribution in [3.05, 3.63) is 22.7 Å². The summed E-state index contributed by atoms with van der Waals surface area (Å²) >= 11 is 1.24. The number of carbonyl (C=O) groups is 1. The molecule has 1 aliphatic heterocycles. The minimum Gasteiger partial charge on any atom is -0.464 e. The molecule has 0 aromatic carbocycles. The van der Waals surface area contributed by atoms with E-state index in [2.05, 4.69) is 10.1 Å². The number of aliphatic hydroxyl groups excluding tert-OH is 1. The SMILES string of the molecule is CC(=O)OC[C@H](C)NP(=O)(O)OCC1CC(O)C(n2ccc(N)nc2=O)S1. The number of ether oxygens (including phenoxy) is 1. The normalized spacial score (nSPS) is 25.7. The first kappa shape index (κ1) is 21.9. The number of aliphatic hydroxyl groups is 1. The van der Waals surface area contributed by atoms with Gasteiger partial charge < -0.3 is 20.5 Å². The maximum absolute atomic E-state index is 12.1. The zero-order valence-corrected chi connectivity index (χ0v) is 16.6. The van der Waals surface area contributed by atoms with Gasteiger partial charge >= 0.3 is 19.4 Å². The van der Waals surface area contributed by atoms with E-state index in [1.165, 1.54) is 35.5 Å². The number of thioether (sulfide) groups is 1. The Morgan fingerprint density at radius 1 is 1.63 bits per heavy atom. The number of rotatable bonds is 8. The molecular formula is C14H23N4O7PS. The number of nitrogens with zero attached hydrogens (tertiary/aromatic N) is 2. The number of nitrogens with two attached hydrogens (primary N) is 1. The molecule has 0 bridgehead atoms. The summed E-state index contributed by atoms with van der Waals surface area (Å²) in [7, 11) is -4.12. The molecule has 0 amide bonds. The fraction of sp³-hybridized carbons (Fsp3) is 0.643. The zero-order chi connectivity index (χ0) is 20.2. The summed E-state index contributed by atoms with van der Waals surface area (Å²) in [6.45, 7) is 2.62. The third-order valence-corrected chi connectivity index (χ3v) is 6.45. The smallest absolute Gasteiger partial charge is 0.403 e. The Labute approximate surface area is 159 Å². The molecule has 11 nitrogen and oxygen atoms in total. The van der Waals surface area contributed by atoms with Crippen LogP contribution in [0.4, 0.5) is 5.82 Å². The Kier molecular flexibility index (Phi) is 7.43. The lowest BCUT2D eigenvalue weighted by Gasteiger charge is -2.20. The van der Waals surface area contributed by atoms with Crippen molar-refractivity contribution in [2.45, 2.75) is 43.0 Å². The van der Waals surface area contributed by atoms with Crippen molar-refractivity contribution in [3.8, 4) is 0 Å². The van der Waals surface area contributed by atoms with Gasteiger partial charge in [0.15, 0.2) is 0 Å². The van der Waals surface area contributed by atoms with Crippen molar-refractivity contribution in [2.75, 3.05) is 18.9 Å². The molecule has 152 valence electrons. The summed E-state index contributed by atoms with van der Waals surface area (Å²) in [4.78, 5) is 36.2. The molecule has 2 rings (SSSR count). The molecule has 27 heavy (non-hydrogen) atoms. The van der Waals surface area contributed by atoms with Gasteiger partial charge in [0.2, 0.25) is 0 Å². The molecule has 1 aromatic rings. The third-order valence-electron chi connectivity index (χ3n) is 3.65. The standard InChI is InChI=1S/C14H23N4O7PS/c1-8(6-24-9(2)19)17-26(22,23)25-7-10-5-11(20)13(27-10)18-4-3-12(15)16-14(18)21/h3-4,8,10-11,13,20H,5-7H2,1-2H3,(H2,15,16,21)(H2,17,22,23)/t8-,10?,11?,13?/m0/s1. The molecule has 13 heteroatoms. The molecule has 1 saturated heterocycles. The Morgan fingerprint density at radius 2 is 2.33 bits per heavy atom. The largest absolute Gasteiger partial charge is 0.464 e. The van der Waals surface area contributed by atoms with Gasteiger partial charge in [-0.2, -0.15) is 4.98 Å². The lowest BCUT2D eigenvalue weighted by atomic mass is 10.2. The van der Waals surface area contributed by atoms with Crippen LogP contribution in [0, 0.1) is 0 Å². The minimum absolute atomic E-state index is 0.0741. The van der Waals surface area contributed by atoms with Crippen LogP contribution in [0.1, 0.15) is 25.6 Å². The quantitative estimate of drug-likeness (QED) is 0.325. The minimum atomic E-state index is -4.12. The van der Waals surface area contributed by atoms with Gasteiger partial charge in [0.1, 0.15) is 17.8 Å². The van der Waals surface area contributed by atoms with Crippen molar-refractivity contribution in [2.24, 2.45) is 0 Å². The maximum atomic E-state index is 12.1. The second-order valence-corrected chi connectivity index (χ2v) is 9.12. The van der Waals surface area contributed by atoms with E-state index >= 15 is 0 Å². The van der Waals surface area contributed by atoms with Gasteiger partial charge in [-0.05, 0) is 19.4 Å². The number of aromatic nitrogens is 2. The predicted octanol–water partition coefficient (Wildman–Crippen LogP) is -0.151. The van der Waals surface area contributed by atoms with E-state index in [-0.39, 0.29) is 30.7 Å². The van der Waals surface area contributed by atoms with Crippen molar-refractivity contribution >= 4 is 31.3 Å². The third kappa shape index (κ3) is 6.59. The van der Waals surface area contributed by atoms with Gasteiger partial charge in [0.25, 0.3) is 0 Å². The Balaban J connectivity index is 1.88. The zero-order valence-electron chi connectivity index (χ0n) is 14.8. The lowest BCUT2D eigenvalue weighted by molar-refractivity contribution is -0.141. The topological polar surface area (TPSA) is 166 Å². The lowest BCUT2D eigenvalue weighted by Crippen LogP contribution is -2.30. The maximum Gasteiger partial charge on any atom is 0.403 e. The molecule has 0 saturated carbocycles. The molecule has 1 aromatic heterocycles. The van der Waals surface area contributed by atoms with Crippen molar-refractivity contribution in [1.29, 1.82) is 0 Å². The summed E-state index contributed by atoms with van der Waals surface area (Å²) in [5, 5.41) is 11.7. The average molecular weight is 422 g/mol. The predicted molar refractivity (Wildman–Crippen MR) is 99.0 cm³/mol. The van der Waals surface area contributed by atoms with E-state index in [0.717, 1.165) is 0 Å². The van der Waals surface area contributed by atoms with E-state index < -0.39 is 36.9 Å². The van der Waals surface area contributed by atoms with Crippen molar-refractivity contribution in [1.82, 2.24) is 14.6 Å². The van der Waals surface area contributed by atoms with Crippen LogP contribution in [0.2, 0.25) is 0 Å². The van der Waals surface area contributed by atoms with Crippen LogP contribution in [0.3, 0.4) is 0 Å². The summed E-state index contributed by atoms with van der Waals surface area (Å²) < 4.78 is 23.2. The molecule has 5 N–H and O–H groups in total. The molecule has 0 aliphatic carbocycles. The number of hydrogen-bond acceptors (Lipinski definition) is 9. The number of hydrogen-bond donors (Lipinski definition) is 4. The van der Waals surface area contributed by atoms with Crippen molar-refractivity contribution < 1.29 is 28.6 Å². The molecule has 0 radical (unpaired) electrons. The van der Waals surface area contributed by atoms with Crippen LogP contribution in [0.5, 0.6) is 0 Å². The van der Waals surface area contributed by atoms with Gasteiger partial charge in [-0.25, -0.2) is 14.4 Å². The first-order valence-electron chi connectivity index (χ1n) is 8.14. The fourth-order valence-electron chi connectivity index (χ4n) is 2.49. The van der Waals surface area contributed by atoms with E-state index in [1.807, 2.05) is 0 Å². The second-order valence-electron chi connectivity index (χ2n) is 6.14. The van der Waals surface area contributed by atoms with Crippen LogP contribution in [0.15, 0.2) is 17.1 Å². The van der Waals surface area contributed by atoms with Gasteiger partial charge in [-0.1, -0.05) is 0 Å². The first-order chi connectivity index (χ1) is 12.6. The van der Waals surface area contributed by atoms with Crippen LogP contribution >= 0.6 is 19.5 Å². The van der Waals surface area contributed by atoms with Crippen LogP contribution in [-0.4, -0.2) is 56.1 Å². The number of anilines is 1. The van der Waals surface area contributed by atoms with Gasteiger partial charge in [0, 0.05) is 24.4 Å². The second kappa shape index (κ2) is 9.18. The Bertz CT molecular complexity index is 776. The monoisotopic (exact) mass is 422 g/mol. The first-order valence-corrected chi connectivity index (χ1v) is 10.7. The van der Waals surface area contributed by atoms with Crippen molar-refractivity contribution in [3.63, 3.8) is 0 Å². The molecule has 5 atom stereocenters. The van der Waals surface area contributed by atoms with E-state index in [9.17, 15) is 24.2 Å². The highest BCUT2D eigenvalue weighted by Gasteiger charge is 2.37. The molecule has 2 heterocycles. The number of nitrogen functional groups attached to an aromatic ring is 1. The van der Waals surface area contributed by atoms with E-state index in [4.69, 9.17) is 15.0 Å². The summed E-state index contributed by atoms with van der Waals surface area (Å²) in [5.74, 6) is -0.407. The molecule has 1 fully saturated rings. The van der Waals surface area contributed by atoms with Crippen LogP contribution in [0.25, 0.3) is 0 Å². The summed E-state index contributed by atoms with van der Waals surface area (Å²) in [6.07, 6.45) is 0.875. The highest BCUT2D eigenvalue weighted by Crippen LogP contribution is 2.44. The molecular weight excluding hydrogens is 399 g/mol. The number of esters is 1.